The van der Waals surface area contributed by atoms with Crippen molar-refractivity contribution >= 4 is 0 Å². The lowest BCUT2D eigenvalue weighted by Gasteiger charge is -2.21. The van der Waals surface area contributed by atoms with E-state index in [4.69, 9.17) is 4.74 Å². The Labute approximate surface area is 103 Å². The minimum absolute atomic E-state index is 0.736. The summed E-state index contributed by atoms with van der Waals surface area (Å²) < 4.78 is 7.45. The predicted octanol–water partition coefficient (Wildman–Crippen LogP) is 1.81. The molecule has 0 radical (unpaired) electrons. The molecular formula is C13H23N3O. The Kier molecular flexibility index (Phi) is 5.01. The Bertz CT molecular complexity index is 318. The third-order valence-electron chi connectivity index (χ3n) is 3.23. The van der Waals surface area contributed by atoms with Gasteiger partial charge in [0.1, 0.15) is 0 Å². The van der Waals surface area contributed by atoms with Gasteiger partial charge in [-0.2, -0.15) is 5.10 Å². The van der Waals surface area contributed by atoms with Crippen molar-refractivity contribution in [2.75, 3.05) is 19.8 Å². The largest absolute Gasteiger partial charge is 0.381 e. The number of nitrogens with zero attached hydrogens (tertiary/aromatic N) is 2. The monoisotopic (exact) mass is 237 g/mol. The van der Waals surface area contributed by atoms with Gasteiger partial charge in [-0.15, -0.1) is 0 Å². The maximum Gasteiger partial charge on any atom is 0.0534 e. The molecule has 0 unspecified atom stereocenters. The molecule has 17 heavy (non-hydrogen) atoms. The molecule has 96 valence electrons. The minimum Gasteiger partial charge on any atom is -0.381 e. The zero-order valence-corrected chi connectivity index (χ0v) is 10.7. The first-order valence-corrected chi connectivity index (χ1v) is 6.68. The van der Waals surface area contributed by atoms with E-state index >= 15 is 0 Å². The van der Waals surface area contributed by atoms with Crippen molar-refractivity contribution in [1.29, 1.82) is 0 Å². The van der Waals surface area contributed by atoms with Crippen molar-refractivity contribution in [3.8, 4) is 0 Å². The van der Waals surface area contributed by atoms with Gasteiger partial charge in [0.05, 0.1) is 6.20 Å². The van der Waals surface area contributed by atoms with Crippen molar-refractivity contribution in [1.82, 2.24) is 15.1 Å². The molecule has 1 aromatic rings. The van der Waals surface area contributed by atoms with Crippen molar-refractivity contribution in [2.45, 2.75) is 39.3 Å². The molecule has 0 aliphatic carbocycles. The van der Waals surface area contributed by atoms with Crippen LogP contribution in [0.2, 0.25) is 0 Å². The standard InChI is InChI=1S/C13H23N3O/c1-2-5-14-8-13-9-15-16(11-13)10-12-3-6-17-7-4-12/h9,11-12,14H,2-8,10H2,1H3. The summed E-state index contributed by atoms with van der Waals surface area (Å²) in [6, 6.07) is 0. The van der Waals surface area contributed by atoms with Crippen LogP contribution in [0, 0.1) is 5.92 Å². The lowest BCUT2D eigenvalue weighted by molar-refractivity contribution is 0.0601. The summed E-state index contributed by atoms with van der Waals surface area (Å²) in [5.74, 6) is 0.736. The number of aromatic nitrogens is 2. The first-order valence-electron chi connectivity index (χ1n) is 6.68. The van der Waals surface area contributed by atoms with Crippen molar-refractivity contribution in [2.24, 2.45) is 5.92 Å². The Balaban J connectivity index is 1.76. The molecule has 0 saturated carbocycles. The van der Waals surface area contributed by atoms with E-state index in [2.05, 4.69) is 28.2 Å². The van der Waals surface area contributed by atoms with E-state index in [0.717, 1.165) is 38.8 Å². The summed E-state index contributed by atoms with van der Waals surface area (Å²) in [6.07, 6.45) is 7.66. The fraction of sp³-hybridized carbons (Fsp3) is 0.769. The maximum atomic E-state index is 5.37. The number of ether oxygens (including phenoxy) is 1. The first-order chi connectivity index (χ1) is 8.38. The summed E-state index contributed by atoms with van der Waals surface area (Å²) in [4.78, 5) is 0. The highest BCUT2D eigenvalue weighted by Gasteiger charge is 2.14. The Hall–Kier alpha value is -0.870. The lowest BCUT2D eigenvalue weighted by Crippen LogP contribution is -2.20. The van der Waals surface area contributed by atoms with E-state index < -0.39 is 0 Å². The van der Waals surface area contributed by atoms with Gasteiger partial charge in [0, 0.05) is 38.1 Å². The maximum absolute atomic E-state index is 5.37. The summed E-state index contributed by atoms with van der Waals surface area (Å²) in [5.41, 5.74) is 1.28. The Morgan fingerprint density at radius 1 is 1.47 bits per heavy atom. The van der Waals surface area contributed by atoms with Gasteiger partial charge in [-0.05, 0) is 31.7 Å². The van der Waals surface area contributed by atoms with Crippen LogP contribution in [0.4, 0.5) is 0 Å². The number of hydrogen-bond acceptors (Lipinski definition) is 3. The van der Waals surface area contributed by atoms with Crippen LogP contribution >= 0.6 is 0 Å². The molecule has 2 rings (SSSR count). The normalized spacial score (nSPS) is 17.5. The van der Waals surface area contributed by atoms with Gasteiger partial charge in [0.2, 0.25) is 0 Å². The quantitative estimate of drug-likeness (QED) is 0.767. The highest BCUT2D eigenvalue weighted by molar-refractivity contribution is 5.03. The topological polar surface area (TPSA) is 39.1 Å². The molecular weight excluding hydrogens is 214 g/mol. The minimum atomic E-state index is 0.736. The second kappa shape index (κ2) is 6.77. The first kappa shape index (κ1) is 12.6. The summed E-state index contributed by atoms with van der Waals surface area (Å²) in [5, 5.41) is 7.82. The van der Waals surface area contributed by atoms with Crippen LogP contribution in [0.15, 0.2) is 12.4 Å². The fourth-order valence-corrected chi connectivity index (χ4v) is 2.20. The summed E-state index contributed by atoms with van der Waals surface area (Å²) >= 11 is 0. The fourth-order valence-electron chi connectivity index (χ4n) is 2.20. The molecule has 0 atom stereocenters. The Morgan fingerprint density at radius 3 is 3.06 bits per heavy atom. The van der Waals surface area contributed by atoms with E-state index in [1.807, 2.05) is 6.20 Å². The van der Waals surface area contributed by atoms with Crippen LogP contribution in [0.5, 0.6) is 0 Å². The van der Waals surface area contributed by atoms with E-state index in [1.54, 1.807) is 0 Å². The van der Waals surface area contributed by atoms with E-state index in [0.29, 0.717) is 0 Å². The van der Waals surface area contributed by atoms with E-state index in [1.165, 1.54) is 24.8 Å². The van der Waals surface area contributed by atoms with Gasteiger partial charge in [-0.25, -0.2) is 0 Å². The highest BCUT2D eigenvalue weighted by Crippen LogP contribution is 2.16. The van der Waals surface area contributed by atoms with Crippen LogP contribution in [0.1, 0.15) is 31.7 Å². The average molecular weight is 237 g/mol. The van der Waals surface area contributed by atoms with Gasteiger partial charge in [-0.3, -0.25) is 4.68 Å². The van der Waals surface area contributed by atoms with Gasteiger partial charge >= 0.3 is 0 Å². The zero-order chi connectivity index (χ0) is 11.9. The van der Waals surface area contributed by atoms with Crippen LogP contribution in [0.25, 0.3) is 0 Å². The SMILES string of the molecule is CCCNCc1cnn(CC2CCOCC2)c1. The third-order valence-corrected chi connectivity index (χ3v) is 3.23. The average Bonchev–Trinajstić information content (AvgIpc) is 2.79. The predicted molar refractivity (Wildman–Crippen MR) is 67.8 cm³/mol. The van der Waals surface area contributed by atoms with Gasteiger partial charge in [-0.1, -0.05) is 6.92 Å². The summed E-state index contributed by atoms with van der Waals surface area (Å²) in [7, 11) is 0. The molecule has 0 amide bonds. The molecule has 0 bridgehead atoms. The van der Waals surface area contributed by atoms with Crippen LogP contribution in [-0.2, 0) is 17.8 Å². The third kappa shape index (κ3) is 4.13. The number of hydrogen-bond donors (Lipinski definition) is 1. The van der Waals surface area contributed by atoms with Gasteiger partial charge in [0.15, 0.2) is 0 Å². The molecule has 1 saturated heterocycles. The number of nitrogens with one attached hydrogen (secondary N) is 1. The van der Waals surface area contributed by atoms with Crippen molar-refractivity contribution < 1.29 is 4.74 Å². The molecule has 0 spiro atoms. The second-order valence-corrected chi connectivity index (χ2v) is 4.80. The van der Waals surface area contributed by atoms with E-state index in [-0.39, 0.29) is 0 Å². The molecule has 1 aliphatic heterocycles. The zero-order valence-electron chi connectivity index (χ0n) is 10.7. The van der Waals surface area contributed by atoms with E-state index in [9.17, 15) is 0 Å². The molecule has 0 aromatic carbocycles. The molecule has 1 aliphatic rings. The molecule has 4 nitrogen and oxygen atoms in total. The lowest BCUT2D eigenvalue weighted by atomic mass is 10.0. The van der Waals surface area contributed by atoms with Crippen LogP contribution in [0.3, 0.4) is 0 Å². The van der Waals surface area contributed by atoms with Gasteiger partial charge < -0.3 is 10.1 Å². The number of rotatable bonds is 6. The van der Waals surface area contributed by atoms with Crippen molar-refractivity contribution in [3.63, 3.8) is 0 Å². The second-order valence-electron chi connectivity index (χ2n) is 4.80. The van der Waals surface area contributed by atoms with Crippen LogP contribution in [-0.4, -0.2) is 29.5 Å². The molecule has 1 fully saturated rings. The van der Waals surface area contributed by atoms with Crippen LogP contribution < -0.4 is 5.32 Å². The smallest absolute Gasteiger partial charge is 0.0534 e. The van der Waals surface area contributed by atoms with Crippen molar-refractivity contribution in [3.05, 3.63) is 18.0 Å². The highest BCUT2D eigenvalue weighted by atomic mass is 16.5. The van der Waals surface area contributed by atoms with Gasteiger partial charge in [0.25, 0.3) is 0 Å². The molecule has 1 N–H and O–H groups in total. The molecule has 2 heterocycles. The molecule has 1 aromatic heterocycles. The summed E-state index contributed by atoms with van der Waals surface area (Å²) in [6.45, 7) is 7.05. The Morgan fingerprint density at radius 2 is 2.29 bits per heavy atom. The molecule has 4 heteroatoms.